The number of benzene rings is 1. The summed E-state index contributed by atoms with van der Waals surface area (Å²) < 4.78 is 15.7. The molecule has 2 atom stereocenters. The molecular weight excluding hydrogens is 748 g/mol. The first-order valence-electron chi connectivity index (χ1n) is 20.2. The molecule has 5 aliphatic heterocycles. The van der Waals surface area contributed by atoms with Gasteiger partial charge in [0.1, 0.15) is 17.7 Å². The molecule has 0 spiro atoms. The average Bonchev–Trinajstić information content (AvgIpc) is 3.57. The number of hydrogen-bond acceptors (Lipinski definition) is 14. The smallest absolute Gasteiger partial charge is 0.320 e. The van der Waals surface area contributed by atoms with Gasteiger partial charge in [0, 0.05) is 91.1 Å². The Hall–Kier alpha value is -5.85. The molecule has 2 aromatic heterocycles. The molecule has 7 heterocycles. The van der Waals surface area contributed by atoms with Crippen molar-refractivity contribution in [3.63, 3.8) is 0 Å². The van der Waals surface area contributed by atoms with Crippen LogP contribution in [0.1, 0.15) is 49.0 Å². The van der Waals surface area contributed by atoms with Crippen molar-refractivity contribution < 1.29 is 23.6 Å². The Balaban J connectivity index is 0.812. The Morgan fingerprint density at radius 2 is 1.72 bits per heavy atom. The molecule has 5 fully saturated rings. The Morgan fingerprint density at radius 3 is 2.41 bits per heavy atom. The summed E-state index contributed by atoms with van der Waals surface area (Å²) in [6.45, 7) is 8.52. The van der Waals surface area contributed by atoms with E-state index in [2.05, 4.69) is 50.8 Å². The zero-order chi connectivity index (χ0) is 40.3. The SMILES string of the molecule is CN1CCN([C@@H]2CCCN(c3nnc(C(N)=O)c(Nc4ccc(N5CCN(CC6CCN(c7ccc(NC8CCC(=O)NC8=O)nc7)CC6)CC5)c(F)c4)n3)C2)C1=O. The third-order valence-electron chi connectivity index (χ3n) is 12.0. The van der Waals surface area contributed by atoms with Crippen molar-refractivity contribution in [2.45, 2.75) is 50.6 Å². The number of nitrogens with two attached hydrogens (primary N) is 1. The van der Waals surface area contributed by atoms with Crippen LogP contribution in [-0.4, -0.2) is 150 Å². The number of nitrogens with one attached hydrogen (secondary N) is 3. The van der Waals surface area contributed by atoms with Crippen molar-refractivity contribution in [3.05, 3.63) is 48.0 Å². The number of aromatic nitrogens is 4. The lowest BCUT2D eigenvalue weighted by atomic mass is 9.95. The number of urea groups is 1. The molecule has 19 heteroatoms. The minimum Gasteiger partial charge on any atom is -0.370 e. The van der Waals surface area contributed by atoms with Crippen LogP contribution in [0, 0.1) is 11.7 Å². The van der Waals surface area contributed by atoms with Crippen LogP contribution in [0.2, 0.25) is 0 Å². The number of carbonyl (C=O) groups is 4. The van der Waals surface area contributed by atoms with Crippen molar-refractivity contribution in [1.29, 1.82) is 0 Å². The first-order valence-corrected chi connectivity index (χ1v) is 20.2. The predicted molar refractivity (Wildman–Crippen MR) is 216 cm³/mol. The van der Waals surface area contributed by atoms with E-state index in [-0.39, 0.29) is 41.2 Å². The molecule has 18 nitrogen and oxygen atoms in total. The predicted octanol–water partition coefficient (Wildman–Crippen LogP) is 1.84. The van der Waals surface area contributed by atoms with Crippen LogP contribution in [0.3, 0.4) is 0 Å². The van der Waals surface area contributed by atoms with E-state index in [0.717, 1.165) is 64.1 Å². The number of hydrogen-bond donors (Lipinski definition) is 4. The maximum absolute atomic E-state index is 15.7. The monoisotopic (exact) mass is 798 g/mol. The first kappa shape index (κ1) is 39.0. The molecule has 58 heavy (non-hydrogen) atoms. The molecule has 0 saturated carbocycles. The Kier molecular flexibility index (Phi) is 11.4. The third kappa shape index (κ3) is 8.68. The highest BCUT2D eigenvalue weighted by Gasteiger charge is 2.35. The second kappa shape index (κ2) is 16.9. The topological polar surface area (TPSA) is 201 Å². The third-order valence-corrected chi connectivity index (χ3v) is 12.0. The average molecular weight is 799 g/mol. The van der Waals surface area contributed by atoms with Crippen LogP contribution >= 0.6 is 0 Å². The molecule has 1 aromatic carbocycles. The van der Waals surface area contributed by atoms with Gasteiger partial charge in [0.25, 0.3) is 5.91 Å². The zero-order valence-corrected chi connectivity index (χ0v) is 32.8. The van der Waals surface area contributed by atoms with Gasteiger partial charge in [0.05, 0.1) is 23.6 Å². The van der Waals surface area contributed by atoms with E-state index < -0.39 is 11.9 Å². The highest BCUT2D eigenvalue weighted by Crippen LogP contribution is 2.30. The summed E-state index contributed by atoms with van der Waals surface area (Å²) in [5.74, 6) is -0.161. The van der Waals surface area contributed by atoms with Gasteiger partial charge in [-0.25, -0.2) is 14.2 Å². The highest BCUT2D eigenvalue weighted by atomic mass is 19.1. The summed E-state index contributed by atoms with van der Waals surface area (Å²) in [6.07, 6.45) is 6.45. The maximum atomic E-state index is 15.7. The van der Waals surface area contributed by atoms with E-state index >= 15 is 4.39 Å². The number of nitrogens with zero attached hydrogens (tertiary/aromatic N) is 10. The number of pyridine rings is 1. The van der Waals surface area contributed by atoms with Gasteiger partial charge in [-0.15, -0.1) is 10.2 Å². The second-order valence-corrected chi connectivity index (χ2v) is 15.9. The molecular formula is C39H51FN14O4. The van der Waals surface area contributed by atoms with E-state index in [1.165, 1.54) is 6.07 Å². The van der Waals surface area contributed by atoms with Gasteiger partial charge in [-0.05, 0) is 68.4 Å². The van der Waals surface area contributed by atoms with Gasteiger partial charge in [-0.3, -0.25) is 24.6 Å². The summed E-state index contributed by atoms with van der Waals surface area (Å²) in [7, 11) is 1.80. The molecule has 8 rings (SSSR count). The van der Waals surface area contributed by atoms with Crippen LogP contribution in [0.15, 0.2) is 36.5 Å². The Labute approximate surface area is 336 Å². The number of piperazine rings is 1. The second-order valence-electron chi connectivity index (χ2n) is 15.9. The molecule has 0 bridgehead atoms. The molecule has 3 aromatic rings. The van der Waals surface area contributed by atoms with Gasteiger partial charge < -0.3 is 40.9 Å². The number of likely N-dealkylation sites (N-methyl/N-ethyl adjacent to an activating group) is 1. The molecule has 0 aliphatic carbocycles. The van der Waals surface area contributed by atoms with E-state index in [1.807, 2.05) is 28.1 Å². The molecule has 5 aliphatic rings. The fourth-order valence-corrected chi connectivity index (χ4v) is 8.66. The zero-order valence-electron chi connectivity index (χ0n) is 32.8. The number of rotatable bonds is 11. The molecule has 5 amide bonds. The van der Waals surface area contributed by atoms with Gasteiger partial charge in [-0.2, -0.15) is 4.98 Å². The van der Waals surface area contributed by atoms with Gasteiger partial charge >= 0.3 is 6.03 Å². The number of amides is 5. The minimum absolute atomic E-state index is 0.0117. The number of imide groups is 1. The van der Waals surface area contributed by atoms with Crippen LogP contribution in [0.4, 0.5) is 43.8 Å². The van der Waals surface area contributed by atoms with Crippen molar-refractivity contribution in [2.75, 3.05) is 104 Å². The summed E-state index contributed by atoms with van der Waals surface area (Å²) in [6, 6.07) is 8.37. The van der Waals surface area contributed by atoms with Crippen LogP contribution in [-0.2, 0) is 9.59 Å². The molecule has 308 valence electrons. The van der Waals surface area contributed by atoms with E-state index in [4.69, 9.17) is 5.73 Å². The lowest BCUT2D eigenvalue weighted by Gasteiger charge is -2.40. The first-order chi connectivity index (χ1) is 28.1. The highest BCUT2D eigenvalue weighted by molar-refractivity contribution is 6.01. The summed E-state index contributed by atoms with van der Waals surface area (Å²) in [4.78, 5) is 70.0. The minimum atomic E-state index is -0.804. The largest absolute Gasteiger partial charge is 0.370 e. The van der Waals surface area contributed by atoms with Crippen LogP contribution in [0.25, 0.3) is 0 Å². The van der Waals surface area contributed by atoms with Gasteiger partial charge in [0.2, 0.25) is 17.8 Å². The number of piperidine rings is 3. The summed E-state index contributed by atoms with van der Waals surface area (Å²) in [5.41, 5.74) is 7.45. The molecule has 0 radical (unpaired) electrons. The fraction of sp³-hybridized carbons (Fsp3) is 0.538. The fourth-order valence-electron chi connectivity index (χ4n) is 8.66. The van der Waals surface area contributed by atoms with Gasteiger partial charge in [0.15, 0.2) is 11.5 Å². The van der Waals surface area contributed by atoms with E-state index in [9.17, 15) is 19.2 Å². The van der Waals surface area contributed by atoms with E-state index in [1.54, 1.807) is 24.1 Å². The number of halogens is 1. The number of primary amides is 1. The molecule has 5 N–H and O–H groups in total. The Bertz CT molecular complexity index is 2010. The van der Waals surface area contributed by atoms with Crippen molar-refractivity contribution in [3.8, 4) is 0 Å². The van der Waals surface area contributed by atoms with Crippen LogP contribution < -0.4 is 36.4 Å². The standard InChI is InChI=1S/C39H51FN14O4/c1-49-15-20-54(39(49)58)28-3-2-12-53(24-28)38-46-36(34(35(41)56)47-48-38)43-26-4-7-31(29(40)21-26)52-18-16-50(17-19-52)23-25-10-13-51(14-11-25)27-5-8-32(42-22-27)44-30-6-9-33(55)45-37(30)57/h4-5,7-8,21-22,25,28,30H,2-3,6,9-20,23-24H2,1H3,(H2,41,56)(H,42,44)(H,43,46,48)(H,45,55,57)/t28-,30?/m1/s1. The maximum Gasteiger partial charge on any atom is 0.320 e. The molecule has 5 saturated heterocycles. The number of carbonyl (C=O) groups excluding carboxylic acids is 4. The lowest BCUT2D eigenvalue weighted by Crippen LogP contribution is -2.49. The summed E-state index contributed by atoms with van der Waals surface area (Å²) in [5, 5.41) is 16.8. The quantitative estimate of drug-likeness (QED) is 0.205. The normalized spacial score (nSPS) is 22.4. The Morgan fingerprint density at radius 1 is 0.914 bits per heavy atom. The van der Waals surface area contributed by atoms with Crippen molar-refractivity contribution >= 4 is 58.4 Å². The van der Waals surface area contributed by atoms with Crippen molar-refractivity contribution in [1.82, 2.24) is 40.2 Å². The van der Waals surface area contributed by atoms with Crippen molar-refractivity contribution in [2.24, 2.45) is 11.7 Å². The van der Waals surface area contributed by atoms with Gasteiger partial charge in [-0.1, -0.05) is 0 Å². The summed E-state index contributed by atoms with van der Waals surface area (Å²) >= 11 is 0. The van der Waals surface area contributed by atoms with E-state index in [0.29, 0.717) is 81.2 Å². The molecule has 1 unspecified atom stereocenters. The van der Waals surface area contributed by atoms with Crippen LogP contribution in [0.5, 0.6) is 0 Å². The lowest BCUT2D eigenvalue weighted by molar-refractivity contribution is -0.133. The number of anilines is 6.